The first-order chi connectivity index (χ1) is 13.0. The average molecular weight is 398 g/mol. The second-order valence-corrected chi connectivity index (χ2v) is 8.22. The van der Waals surface area contributed by atoms with Crippen molar-refractivity contribution in [2.24, 2.45) is 0 Å². The number of nitrogens with zero attached hydrogens (tertiary/aromatic N) is 2. The van der Waals surface area contributed by atoms with Crippen LogP contribution in [0.2, 0.25) is 0 Å². The molecule has 2 aliphatic heterocycles. The van der Waals surface area contributed by atoms with Crippen LogP contribution in [0.1, 0.15) is 52.0 Å². The highest BCUT2D eigenvalue weighted by Crippen LogP contribution is 2.38. The van der Waals surface area contributed by atoms with Crippen LogP contribution in [0.3, 0.4) is 0 Å². The van der Waals surface area contributed by atoms with Crippen LogP contribution in [-0.4, -0.2) is 46.4 Å². The summed E-state index contributed by atoms with van der Waals surface area (Å²) in [6.07, 6.45) is 2.35. The molecule has 1 aromatic rings. The van der Waals surface area contributed by atoms with Crippen molar-refractivity contribution in [3.8, 4) is 5.88 Å². The minimum Gasteiger partial charge on any atom is -0.468 e. The zero-order chi connectivity index (χ0) is 20.5. The lowest BCUT2D eigenvalue weighted by Gasteiger charge is -2.45. The van der Waals surface area contributed by atoms with Crippen LogP contribution in [0, 0.1) is 0 Å². The summed E-state index contributed by atoms with van der Waals surface area (Å²) in [6.45, 7) is 4.18. The molecule has 0 saturated carbocycles. The third-order valence-corrected chi connectivity index (χ3v) is 4.73. The van der Waals surface area contributed by atoms with Crippen LogP contribution < -0.4 is 4.74 Å². The van der Waals surface area contributed by atoms with Gasteiger partial charge in [0, 0.05) is 18.3 Å². The molecule has 5 nitrogen and oxygen atoms in total. The Labute approximate surface area is 162 Å². The molecule has 0 radical (unpaired) electrons. The summed E-state index contributed by atoms with van der Waals surface area (Å²) in [5, 5.41) is 0. The van der Waals surface area contributed by atoms with Crippen LogP contribution in [0.15, 0.2) is 24.4 Å². The SMILES string of the molecule is CC(C)(C)OC(=O)N1C2C=C(c3ccc(OCC(F)(F)F)nc3)CC1CCC2. The van der Waals surface area contributed by atoms with Gasteiger partial charge in [-0.3, -0.25) is 4.90 Å². The van der Waals surface area contributed by atoms with Crippen LogP contribution in [0.4, 0.5) is 18.0 Å². The number of alkyl halides is 3. The van der Waals surface area contributed by atoms with E-state index in [2.05, 4.69) is 9.72 Å². The molecule has 0 spiro atoms. The Morgan fingerprint density at radius 3 is 2.57 bits per heavy atom. The molecular weight excluding hydrogens is 373 g/mol. The van der Waals surface area contributed by atoms with Gasteiger partial charge in [0.25, 0.3) is 0 Å². The Kier molecular flexibility index (Phi) is 5.59. The van der Waals surface area contributed by atoms with Gasteiger partial charge in [-0.25, -0.2) is 9.78 Å². The lowest BCUT2D eigenvalue weighted by Crippen LogP contribution is -2.53. The summed E-state index contributed by atoms with van der Waals surface area (Å²) < 4.78 is 46.9. The van der Waals surface area contributed by atoms with E-state index in [0.717, 1.165) is 30.4 Å². The second-order valence-electron chi connectivity index (χ2n) is 8.22. The first-order valence-corrected chi connectivity index (χ1v) is 9.40. The molecule has 2 unspecified atom stereocenters. The van der Waals surface area contributed by atoms with Crippen LogP contribution in [0.25, 0.3) is 5.57 Å². The van der Waals surface area contributed by atoms with Gasteiger partial charge in [-0.2, -0.15) is 13.2 Å². The lowest BCUT2D eigenvalue weighted by molar-refractivity contribution is -0.154. The van der Waals surface area contributed by atoms with E-state index in [-0.39, 0.29) is 24.1 Å². The van der Waals surface area contributed by atoms with E-state index in [9.17, 15) is 18.0 Å². The normalized spacial score (nSPS) is 22.5. The van der Waals surface area contributed by atoms with Gasteiger partial charge in [0.1, 0.15) is 5.60 Å². The monoisotopic (exact) mass is 398 g/mol. The number of ether oxygens (including phenoxy) is 2. The quantitative estimate of drug-likeness (QED) is 0.722. The number of rotatable bonds is 3. The molecular formula is C20H25F3N2O3. The Hall–Kier alpha value is -2.25. The summed E-state index contributed by atoms with van der Waals surface area (Å²) >= 11 is 0. The van der Waals surface area contributed by atoms with Crippen molar-refractivity contribution < 1.29 is 27.4 Å². The van der Waals surface area contributed by atoms with Gasteiger partial charge in [0.05, 0.1) is 6.04 Å². The minimum absolute atomic E-state index is 0.0431. The fourth-order valence-corrected chi connectivity index (χ4v) is 3.65. The highest BCUT2D eigenvalue weighted by molar-refractivity contribution is 5.74. The topological polar surface area (TPSA) is 51.7 Å². The predicted molar refractivity (Wildman–Crippen MR) is 97.9 cm³/mol. The number of pyridine rings is 1. The van der Waals surface area contributed by atoms with Crippen molar-refractivity contribution >= 4 is 11.7 Å². The summed E-state index contributed by atoms with van der Waals surface area (Å²) in [4.78, 5) is 18.4. The van der Waals surface area contributed by atoms with Gasteiger partial charge in [0.15, 0.2) is 6.61 Å². The maximum atomic E-state index is 12.6. The summed E-state index contributed by atoms with van der Waals surface area (Å²) in [6, 6.07) is 3.16. The van der Waals surface area contributed by atoms with Crippen molar-refractivity contribution in [2.45, 2.75) is 70.3 Å². The maximum Gasteiger partial charge on any atom is 0.422 e. The fraction of sp³-hybridized carbons (Fsp3) is 0.600. The lowest BCUT2D eigenvalue weighted by atomic mass is 9.83. The average Bonchev–Trinajstić information content (AvgIpc) is 2.57. The van der Waals surface area contributed by atoms with Gasteiger partial charge in [-0.1, -0.05) is 6.08 Å². The number of halogens is 3. The second kappa shape index (κ2) is 7.64. The van der Waals surface area contributed by atoms with E-state index < -0.39 is 18.4 Å². The first kappa shape index (κ1) is 20.5. The van der Waals surface area contributed by atoms with Gasteiger partial charge < -0.3 is 9.47 Å². The summed E-state index contributed by atoms with van der Waals surface area (Å²) in [7, 11) is 0. The van der Waals surface area contributed by atoms with Crippen LogP contribution in [-0.2, 0) is 4.74 Å². The van der Waals surface area contributed by atoms with E-state index in [0.29, 0.717) is 6.42 Å². The molecule has 154 valence electrons. The van der Waals surface area contributed by atoms with Crippen molar-refractivity contribution in [3.05, 3.63) is 30.0 Å². The molecule has 0 aromatic carbocycles. The standard InChI is InChI=1S/C20H25F3N2O3/c1-19(2,3)28-18(26)25-15-5-4-6-16(25)10-14(9-15)13-7-8-17(24-11-13)27-12-20(21,22)23/h7-9,11,15-16H,4-6,10,12H2,1-3H3. The molecule has 0 aliphatic carbocycles. The molecule has 2 atom stereocenters. The van der Waals surface area contributed by atoms with E-state index in [1.54, 1.807) is 6.07 Å². The highest BCUT2D eigenvalue weighted by atomic mass is 19.4. The Bertz CT molecular complexity index is 739. The zero-order valence-electron chi connectivity index (χ0n) is 16.3. The van der Waals surface area contributed by atoms with Crippen LogP contribution in [0.5, 0.6) is 5.88 Å². The number of hydrogen-bond donors (Lipinski definition) is 0. The Morgan fingerprint density at radius 1 is 1.25 bits per heavy atom. The summed E-state index contributed by atoms with van der Waals surface area (Å²) in [5.74, 6) is -0.0620. The van der Waals surface area contributed by atoms with Gasteiger partial charge in [0.2, 0.25) is 5.88 Å². The molecule has 0 N–H and O–H groups in total. The molecule has 28 heavy (non-hydrogen) atoms. The minimum atomic E-state index is -4.39. The molecule has 8 heteroatoms. The molecule has 1 aromatic heterocycles. The maximum absolute atomic E-state index is 12.6. The first-order valence-electron chi connectivity index (χ1n) is 9.40. The fourth-order valence-electron chi connectivity index (χ4n) is 3.65. The van der Waals surface area contributed by atoms with Crippen molar-refractivity contribution in [3.63, 3.8) is 0 Å². The highest BCUT2D eigenvalue weighted by Gasteiger charge is 2.39. The van der Waals surface area contributed by atoms with Gasteiger partial charge >= 0.3 is 12.3 Å². The number of piperidine rings is 1. The third kappa shape index (κ3) is 5.17. The van der Waals surface area contributed by atoms with Gasteiger partial charge in [-0.15, -0.1) is 0 Å². The molecule has 3 rings (SSSR count). The van der Waals surface area contributed by atoms with Crippen molar-refractivity contribution in [2.75, 3.05) is 6.61 Å². The predicted octanol–water partition coefficient (Wildman–Crippen LogP) is 4.97. The Balaban J connectivity index is 1.73. The third-order valence-electron chi connectivity index (χ3n) is 4.73. The largest absolute Gasteiger partial charge is 0.468 e. The number of carbonyl (C=O) groups is 1. The molecule has 2 aliphatic rings. The van der Waals surface area contributed by atoms with Crippen molar-refractivity contribution in [1.29, 1.82) is 0 Å². The zero-order valence-corrected chi connectivity index (χ0v) is 16.3. The number of aromatic nitrogens is 1. The van der Waals surface area contributed by atoms with E-state index in [1.165, 1.54) is 12.3 Å². The summed E-state index contributed by atoms with van der Waals surface area (Å²) in [5.41, 5.74) is 1.33. The van der Waals surface area contributed by atoms with E-state index in [1.807, 2.05) is 31.7 Å². The number of fused-ring (bicyclic) bond motifs is 2. The van der Waals surface area contributed by atoms with Crippen LogP contribution >= 0.6 is 0 Å². The number of carbonyl (C=O) groups excluding carboxylic acids is 1. The molecule has 1 amide bonds. The Morgan fingerprint density at radius 2 is 2.00 bits per heavy atom. The molecule has 3 heterocycles. The number of hydrogen-bond acceptors (Lipinski definition) is 4. The number of amides is 1. The molecule has 2 bridgehead atoms. The van der Waals surface area contributed by atoms with E-state index in [4.69, 9.17) is 4.74 Å². The van der Waals surface area contributed by atoms with E-state index >= 15 is 0 Å². The molecule has 1 saturated heterocycles. The van der Waals surface area contributed by atoms with Gasteiger partial charge in [-0.05, 0) is 63.7 Å². The smallest absolute Gasteiger partial charge is 0.422 e. The molecule has 1 fully saturated rings. The van der Waals surface area contributed by atoms with Crippen molar-refractivity contribution in [1.82, 2.24) is 9.88 Å².